The molecule has 116 valence electrons. The number of hydrogen-bond acceptors (Lipinski definition) is 3. The highest BCUT2D eigenvalue weighted by atomic mass is 16.5. The molecular weight excluding hydrogens is 270 g/mol. The van der Waals surface area contributed by atoms with Crippen LogP contribution in [0.25, 0.3) is 0 Å². The first-order chi connectivity index (χ1) is 10.2. The van der Waals surface area contributed by atoms with E-state index in [2.05, 4.69) is 5.32 Å². The number of rotatable bonds is 5. The van der Waals surface area contributed by atoms with Crippen molar-refractivity contribution in [2.24, 2.45) is 23.7 Å². The monoisotopic (exact) mass is 293 g/mol. The molecule has 5 nitrogen and oxygen atoms in total. The second kappa shape index (κ2) is 6.18. The van der Waals surface area contributed by atoms with Gasteiger partial charge in [-0.15, -0.1) is 0 Å². The van der Waals surface area contributed by atoms with Crippen molar-refractivity contribution in [1.82, 2.24) is 5.32 Å². The van der Waals surface area contributed by atoms with Gasteiger partial charge in [0, 0.05) is 13.2 Å². The Morgan fingerprint density at radius 3 is 2.62 bits per heavy atom. The Balaban J connectivity index is 1.50. The minimum absolute atomic E-state index is 0.0323. The van der Waals surface area contributed by atoms with Crippen molar-refractivity contribution in [3.05, 3.63) is 12.2 Å². The summed E-state index contributed by atoms with van der Waals surface area (Å²) in [5.74, 6) is -1.76. The van der Waals surface area contributed by atoms with E-state index in [9.17, 15) is 14.7 Å². The molecule has 0 aromatic carbocycles. The Morgan fingerprint density at radius 2 is 1.95 bits per heavy atom. The van der Waals surface area contributed by atoms with E-state index in [0.717, 1.165) is 32.3 Å². The van der Waals surface area contributed by atoms with Crippen LogP contribution in [0.2, 0.25) is 0 Å². The molecule has 1 amide bonds. The molecule has 2 N–H and O–H groups in total. The highest BCUT2D eigenvalue weighted by Gasteiger charge is 2.51. The van der Waals surface area contributed by atoms with E-state index in [4.69, 9.17) is 4.74 Å². The zero-order valence-corrected chi connectivity index (χ0v) is 12.2. The average Bonchev–Trinajstić information content (AvgIpc) is 3.08. The predicted molar refractivity (Wildman–Crippen MR) is 76.6 cm³/mol. The topological polar surface area (TPSA) is 75.6 Å². The molecule has 2 aliphatic carbocycles. The minimum atomic E-state index is -0.845. The number of allylic oxidation sites excluding steroid dienone is 2. The quantitative estimate of drug-likeness (QED) is 0.755. The first-order valence-corrected chi connectivity index (χ1v) is 7.97. The number of carbonyl (C=O) groups excluding carboxylic acids is 1. The van der Waals surface area contributed by atoms with Crippen molar-refractivity contribution in [3.8, 4) is 0 Å². The number of nitrogens with one attached hydrogen (secondary N) is 1. The van der Waals surface area contributed by atoms with Crippen LogP contribution >= 0.6 is 0 Å². The first-order valence-electron chi connectivity index (χ1n) is 7.97. The highest BCUT2D eigenvalue weighted by Crippen LogP contribution is 2.48. The lowest BCUT2D eigenvalue weighted by Crippen LogP contribution is -2.41. The number of fused-ring (bicyclic) bond motifs is 2. The summed E-state index contributed by atoms with van der Waals surface area (Å²) in [5, 5.41) is 12.3. The van der Waals surface area contributed by atoms with Crippen molar-refractivity contribution >= 4 is 11.9 Å². The fraction of sp³-hybridized carbons (Fsp3) is 0.750. The van der Waals surface area contributed by atoms with E-state index in [1.54, 1.807) is 0 Å². The summed E-state index contributed by atoms with van der Waals surface area (Å²) in [6.07, 6.45) is 9.22. The molecule has 2 bridgehead atoms. The molecule has 2 fully saturated rings. The molecule has 1 heterocycles. The fourth-order valence-electron chi connectivity index (χ4n) is 4.03. The summed E-state index contributed by atoms with van der Waals surface area (Å²) in [6, 6.07) is 0. The summed E-state index contributed by atoms with van der Waals surface area (Å²) in [6.45, 7) is 1.39. The maximum absolute atomic E-state index is 12.3. The normalized spacial score (nSPS) is 37.6. The predicted octanol–water partition coefficient (Wildman–Crippen LogP) is 1.58. The van der Waals surface area contributed by atoms with E-state index in [1.165, 1.54) is 6.42 Å². The van der Waals surface area contributed by atoms with Crippen LogP contribution in [0.1, 0.15) is 32.1 Å². The number of aliphatic carboxylic acids is 1. The molecule has 0 aromatic heterocycles. The number of ether oxygens (including phenoxy) is 1. The van der Waals surface area contributed by atoms with Gasteiger partial charge >= 0.3 is 5.97 Å². The second-order valence-corrected chi connectivity index (χ2v) is 6.41. The molecule has 0 aromatic rings. The zero-order chi connectivity index (χ0) is 14.8. The SMILES string of the molecule is O=C(O)C1C2C=CC(C2)C1C(=O)NCCC1CCCCO1. The second-order valence-electron chi connectivity index (χ2n) is 6.41. The third-order valence-electron chi connectivity index (χ3n) is 5.09. The third-order valence-corrected chi connectivity index (χ3v) is 5.09. The van der Waals surface area contributed by atoms with Gasteiger partial charge in [-0.2, -0.15) is 0 Å². The van der Waals surface area contributed by atoms with Gasteiger partial charge in [0.1, 0.15) is 0 Å². The van der Waals surface area contributed by atoms with E-state index in [-0.39, 0.29) is 23.8 Å². The van der Waals surface area contributed by atoms with Gasteiger partial charge in [0.05, 0.1) is 17.9 Å². The number of carbonyl (C=O) groups is 2. The number of amides is 1. The number of carboxylic acid groups (broad SMARTS) is 1. The lowest BCUT2D eigenvalue weighted by molar-refractivity contribution is -0.147. The van der Waals surface area contributed by atoms with Crippen molar-refractivity contribution in [2.75, 3.05) is 13.2 Å². The first kappa shape index (κ1) is 14.6. The van der Waals surface area contributed by atoms with Gasteiger partial charge in [0.25, 0.3) is 0 Å². The average molecular weight is 293 g/mol. The van der Waals surface area contributed by atoms with Gasteiger partial charge in [-0.3, -0.25) is 9.59 Å². The van der Waals surface area contributed by atoms with Gasteiger partial charge in [-0.25, -0.2) is 0 Å². The molecule has 0 radical (unpaired) electrons. The van der Waals surface area contributed by atoms with Crippen molar-refractivity contribution in [3.63, 3.8) is 0 Å². The number of carboxylic acids is 1. The van der Waals surface area contributed by atoms with Crippen LogP contribution in [0.5, 0.6) is 0 Å². The fourth-order valence-corrected chi connectivity index (χ4v) is 4.03. The van der Waals surface area contributed by atoms with E-state index < -0.39 is 17.8 Å². The minimum Gasteiger partial charge on any atom is -0.481 e. The van der Waals surface area contributed by atoms with Crippen molar-refractivity contribution in [2.45, 2.75) is 38.2 Å². The van der Waals surface area contributed by atoms with E-state index in [1.807, 2.05) is 12.2 Å². The molecule has 1 aliphatic heterocycles. The summed E-state index contributed by atoms with van der Waals surface area (Å²) < 4.78 is 5.64. The molecule has 3 rings (SSSR count). The molecule has 5 heteroatoms. The van der Waals surface area contributed by atoms with Crippen LogP contribution in [-0.4, -0.2) is 36.2 Å². The summed E-state index contributed by atoms with van der Waals surface area (Å²) in [5.41, 5.74) is 0. The summed E-state index contributed by atoms with van der Waals surface area (Å²) in [7, 11) is 0. The van der Waals surface area contributed by atoms with E-state index in [0.29, 0.717) is 6.54 Å². The van der Waals surface area contributed by atoms with E-state index >= 15 is 0 Å². The third kappa shape index (κ3) is 2.98. The summed E-state index contributed by atoms with van der Waals surface area (Å²) >= 11 is 0. The van der Waals surface area contributed by atoms with Crippen molar-refractivity contribution in [1.29, 1.82) is 0 Å². The maximum atomic E-state index is 12.3. The Kier molecular flexibility index (Phi) is 4.29. The Labute approximate surface area is 124 Å². The van der Waals surface area contributed by atoms with Gasteiger partial charge in [0.15, 0.2) is 0 Å². The van der Waals surface area contributed by atoms with Crippen LogP contribution in [0, 0.1) is 23.7 Å². The molecule has 5 atom stereocenters. The van der Waals surface area contributed by atoms with Crippen LogP contribution in [0.15, 0.2) is 12.2 Å². The molecule has 1 saturated carbocycles. The van der Waals surface area contributed by atoms with Crippen LogP contribution in [0.4, 0.5) is 0 Å². The highest BCUT2D eigenvalue weighted by molar-refractivity contribution is 5.86. The Hall–Kier alpha value is -1.36. The number of hydrogen-bond donors (Lipinski definition) is 2. The largest absolute Gasteiger partial charge is 0.481 e. The summed E-state index contributed by atoms with van der Waals surface area (Å²) in [4.78, 5) is 23.7. The molecule has 5 unspecified atom stereocenters. The van der Waals surface area contributed by atoms with Crippen LogP contribution in [-0.2, 0) is 14.3 Å². The smallest absolute Gasteiger partial charge is 0.307 e. The van der Waals surface area contributed by atoms with Gasteiger partial charge in [-0.1, -0.05) is 12.2 Å². The van der Waals surface area contributed by atoms with Crippen molar-refractivity contribution < 1.29 is 19.4 Å². The van der Waals surface area contributed by atoms with Gasteiger partial charge < -0.3 is 15.2 Å². The molecule has 0 spiro atoms. The Bertz CT molecular complexity index is 442. The standard InChI is InChI=1S/C16H23NO4/c18-15(17-7-6-12-3-1-2-8-21-12)13-10-4-5-11(9-10)14(13)16(19)20/h4-5,10-14H,1-3,6-9H2,(H,17,18)(H,19,20). The maximum Gasteiger partial charge on any atom is 0.307 e. The van der Waals surface area contributed by atoms with Crippen LogP contribution < -0.4 is 5.32 Å². The van der Waals surface area contributed by atoms with Crippen LogP contribution in [0.3, 0.4) is 0 Å². The van der Waals surface area contributed by atoms with Gasteiger partial charge in [-0.05, 0) is 43.9 Å². The molecule has 3 aliphatic rings. The molecule has 1 saturated heterocycles. The zero-order valence-electron chi connectivity index (χ0n) is 12.2. The lowest BCUT2D eigenvalue weighted by atomic mass is 9.82. The molecular formula is C16H23NO4. The molecule has 21 heavy (non-hydrogen) atoms. The Morgan fingerprint density at radius 1 is 1.19 bits per heavy atom. The lowest BCUT2D eigenvalue weighted by Gasteiger charge is -2.25. The van der Waals surface area contributed by atoms with Gasteiger partial charge in [0.2, 0.25) is 5.91 Å².